The molecule has 0 spiro atoms. The molecule has 0 heterocycles. The van der Waals surface area contributed by atoms with Crippen molar-refractivity contribution in [3.8, 4) is 0 Å². The molecule has 0 saturated carbocycles. The fraction of sp³-hybridized carbons (Fsp3) is 0.625. The molecule has 0 heteroatoms. The second kappa shape index (κ2) is 4.76. The highest BCUT2D eigenvalue weighted by Crippen LogP contribution is 2.04. The van der Waals surface area contributed by atoms with Crippen LogP contribution in [0, 0.1) is 6.42 Å². The number of allylic oxidation sites excluding steroid dienone is 2. The van der Waals surface area contributed by atoms with E-state index in [0.717, 1.165) is 6.42 Å². The van der Waals surface area contributed by atoms with E-state index in [1.807, 2.05) is 0 Å². The minimum absolute atomic E-state index is 1.16. The lowest BCUT2D eigenvalue weighted by Gasteiger charge is -1.85. The van der Waals surface area contributed by atoms with Gasteiger partial charge in [0.1, 0.15) is 5.57 Å². The van der Waals surface area contributed by atoms with E-state index in [9.17, 15) is 0 Å². The van der Waals surface area contributed by atoms with Gasteiger partial charge in [-0.05, 0) is 6.92 Å². The highest BCUT2D eigenvalue weighted by molar-refractivity contribution is 5.10. The van der Waals surface area contributed by atoms with Crippen molar-refractivity contribution in [3.63, 3.8) is 0 Å². The lowest BCUT2D eigenvalue weighted by Crippen LogP contribution is -1.76. The summed E-state index contributed by atoms with van der Waals surface area (Å²) in [6, 6.07) is 0. The van der Waals surface area contributed by atoms with Crippen LogP contribution < -0.4 is 0 Å². The summed E-state index contributed by atoms with van der Waals surface area (Å²) in [6.07, 6.45) is 6.77. The Morgan fingerprint density at radius 1 is 1.50 bits per heavy atom. The predicted octanol–water partition coefficient (Wildman–Crippen LogP) is 2.96. The van der Waals surface area contributed by atoms with Crippen LogP contribution in [0.25, 0.3) is 0 Å². The van der Waals surface area contributed by atoms with Gasteiger partial charge in [-0.1, -0.05) is 6.92 Å². The first-order valence-corrected chi connectivity index (χ1v) is 3.33. The summed E-state index contributed by atoms with van der Waals surface area (Å²) in [7, 11) is 0. The van der Waals surface area contributed by atoms with E-state index in [2.05, 4.69) is 33.3 Å². The van der Waals surface area contributed by atoms with Crippen molar-refractivity contribution >= 4 is 0 Å². The van der Waals surface area contributed by atoms with Gasteiger partial charge >= 0.3 is 0 Å². The van der Waals surface area contributed by atoms with Crippen LogP contribution in [0.3, 0.4) is 0 Å². The summed E-state index contributed by atoms with van der Waals surface area (Å²) in [4.78, 5) is 0. The Balaban J connectivity index is 3.49. The molecular weight excluding hydrogens is 96.1 g/mol. The van der Waals surface area contributed by atoms with E-state index < -0.39 is 0 Å². The molecule has 0 amide bonds. The molecule has 46 valence electrons. The van der Waals surface area contributed by atoms with Crippen LogP contribution >= 0.6 is 0 Å². The molecule has 0 aromatic heterocycles. The molecular formula is C8H15+. The summed E-state index contributed by atoms with van der Waals surface area (Å²) < 4.78 is 0. The second-order valence-electron chi connectivity index (χ2n) is 1.83. The predicted molar refractivity (Wildman–Crippen MR) is 38.6 cm³/mol. The molecule has 0 aliphatic rings. The van der Waals surface area contributed by atoms with Crippen LogP contribution in [0.1, 0.15) is 33.6 Å². The maximum atomic E-state index is 2.26. The van der Waals surface area contributed by atoms with Gasteiger partial charge in [-0.2, -0.15) is 0 Å². The summed E-state index contributed by atoms with van der Waals surface area (Å²) >= 11 is 0. The summed E-state index contributed by atoms with van der Waals surface area (Å²) in [5.74, 6) is 0. The Bertz CT molecular complexity index is 64.1. The Morgan fingerprint density at radius 2 is 2.12 bits per heavy atom. The molecule has 0 nitrogen and oxygen atoms in total. The van der Waals surface area contributed by atoms with E-state index in [0.29, 0.717) is 0 Å². The van der Waals surface area contributed by atoms with Gasteiger partial charge in [0.2, 0.25) is 0 Å². The zero-order valence-corrected chi connectivity index (χ0v) is 6.07. The third-order valence-electron chi connectivity index (χ3n) is 1.25. The summed E-state index contributed by atoms with van der Waals surface area (Å²) in [5, 5.41) is 0. The molecule has 0 N–H and O–H groups in total. The summed E-state index contributed by atoms with van der Waals surface area (Å²) in [5.41, 5.74) is 1.47. The zero-order valence-electron chi connectivity index (χ0n) is 6.07. The number of hydrogen-bond donors (Lipinski definition) is 0. The standard InChI is InChI=1S/C8H15/c1-4-7-8(5-2)6-3/h5,7H,4,6H2,1-3H3/q+1/b8-7-. The highest BCUT2D eigenvalue weighted by atomic mass is 13.9. The van der Waals surface area contributed by atoms with Crippen LogP contribution in [0.5, 0.6) is 0 Å². The van der Waals surface area contributed by atoms with Crippen molar-refractivity contribution in [2.75, 3.05) is 0 Å². The van der Waals surface area contributed by atoms with Crippen LogP contribution in [-0.2, 0) is 0 Å². The van der Waals surface area contributed by atoms with Crippen LogP contribution in [-0.4, -0.2) is 0 Å². The molecule has 0 bridgehead atoms. The molecule has 0 aromatic rings. The third-order valence-corrected chi connectivity index (χ3v) is 1.25. The van der Waals surface area contributed by atoms with Gasteiger partial charge in [0, 0.05) is 32.3 Å². The molecule has 0 aliphatic carbocycles. The fourth-order valence-electron chi connectivity index (χ4n) is 0.729. The maximum Gasteiger partial charge on any atom is 0.101 e. The molecule has 0 radical (unpaired) electrons. The second-order valence-corrected chi connectivity index (χ2v) is 1.83. The van der Waals surface area contributed by atoms with Crippen molar-refractivity contribution in [3.05, 3.63) is 18.1 Å². The van der Waals surface area contributed by atoms with Crippen molar-refractivity contribution in [1.82, 2.24) is 0 Å². The van der Waals surface area contributed by atoms with E-state index in [1.165, 1.54) is 12.0 Å². The van der Waals surface area contributed by atoms with Gasteiger partial charge in [0.15, 0.2) is 0 Å². The average Bonchev–Trinajstić information content (AvgIpc) is 1.83. The smallest absolute Gasteiger partial charge is 0.0577 e. The number of hydrogen-bond acceptors (Lipinski definition) is 0. The van der Waals surface area contributed by atoms with E-state index in [4.69, 9.17) is 0 Å². The molecule has 0 unspecified atom stereocenters. The molecule has 0 fully saturated rings. The molecule has 0 rings (SSSR count). The third kappa shape index (κ3) is 2.73. The summed E-state index contributed by atoms with van der Waals surface area (Å²) in [6.45, 7) is 6.44. The zero-order chi connectivity index (χ0) is 6.41. The van der Waals surface area contributed by atoms with E-state index in [1.54, 1.807) is 0 Å². The number of rotatable bonds is 3. The van der Waals surface area contributed by atoms with Crippen molar-refractivity contribution in [2.45, 2.75) is 33.6 Å². The van der Waals surface area contributed by atoms with Crippen molar-refractivity contribution in [2.24, 2.45) is 0 Å². The Kier molecular flexibility index (Phi) is 4.53. The first-order valence-electron chi connectivity index (χ1n) is 3.33. The van der Waals surface area contributed by atoms with Gasteiger partial charge in [0.25, 0.3) is 0 Å². The van der Waals surface area contributed by atoms with Crippen LogP contribution in [0.4, 0.5) is 0 Å². The van der Waals surface area contributed by atoms with Gasteiger partial charge in [-0.3, -0.25) is 0 Å². The Hall–Kier alpha value is -0.390. The monoisotopic (exact) mass is 111 g/mol. The largest absolute Gasteiger partial charge is 0.101 e. The lowest BCUT2D eigenvalue weighted by molar-refractivity contribution is 1.06. The minimum Gasteiger partial charge on any atom is -0.0577 e. The quantitative estimate of drug-likeness (QED) is 0.491. The normalized spacial score (nSPS) is 11.6. The lowest BCUT2D eigenvalue weighted by atomic mass is 10.1. The molecule has 0 aromatic carbocycles. The molecule has 0 atom stereocenters. The average molecular weight is 111 g/mol. The van der Waals surface area contributed by atoms with E-state index >= 15 is 0 Å². The Morgan fingerprint density at radius 3 is 2.25 bits per heavy atom. The van der Waals surface area contributed by atoms with Gasteiger partial charge in [-0.25, -0.2) is 0 Å². The SMILES string of the molecule is C[CH+]/C(=C/CC)CC. The molecule has 0 saturated heterocycles. The van der Waals surface area contributed by atoms with Crippen LogP contribution in [0.15, 0.2) is 11.6 Å². The minimum atomic E-state index is 1.16. The van der Waals surface area contributed by atoms with Gasteiger partial charge in [0.05, 0.1) is 0 Å². The first-order chi connectivity index (χ1) is 3.85. The maximum absolute atomic E-state index is 2.26. The topological polar surface area (TPSA) is 0 Å². The van der Waals surface area contributed by atoms with Gasteiger partial charge < -0.3 is 0 Å². The van der Waals surface area contributed by atoms with Gasteiger partial charge in [-0.15, -0.1) is 0 Å². The van der Waals surface area contributed by atoms with E-state index in [-0.39, 0.29) is 0 Å². The highest BCUT2D eigenvalue weighted by Gasteiger charge is 1.95. The van der Waals surface area contributed by atoms with Crippen LogP contribution in [0.2, 0.25) is 0 Å². The van der Waals surface area contributed by atoms with Crippen molar-refractivity contribution in [1.29, 1.82) is 0 Å². The molecule has 0 aliphatic heterocycles. The molecule has 8 heavy (non-hydrogen) atoms. The fourth-order valence-corrected chi connectivity index (χ4v) is 0.729. The van der Waals surface area contributed by atoms with Crippen molar-refractivity contribution < 1.29 is 0 Å². The Labute approximate surface area is 52.6 Å². The first kappa shape index (κ1) is 7.61.